The molecule has 0 aromatic rings. The number of hydrogen-bond donors (Lipinski definition) is 1. The van der Waals surface area contributed by atoms with Gasteiger partial charge in [-0.05, 0) is 0 Å². The zero-order valence-corrected chi connectivity index (χ0v) is 7.66. The number of aliphatic carboxylic acids is 1. The van der Waals surface area contributed by atoms with E-state index in [1.807, 2.05) is 0 Å². The van der Waals surface area contributed by atoms with Crippen LogP contribution in [0.2, 0.25) is 0 Å². The van der Waals surface area contributed by atoms with Gasteiger partial charge < -0.3 is 9.84 Å². The number of carboxylic acids is 1. The Balaban J connectivity index is 0. The lowest BCUT2D eigenvalue weighted by Gasteiger charge is -1.95. The third-order valence-corrected chi connectivity index (χ3v) is 0.673. The Kier molecular flexibility index (Phi) is 11.2. The number of rotatable bonds is 4. The number of carbonyl (C=O) groups excluding carboxylic acids is 1. The van der Waals surface area contributed by atoms with Crippen LogP contribution in [0.4, 0.5) is 0 Å². The lowest BCUT2D eigenvalue weighted by molar-refractivity contribution is -0.141. The number of carboxylic acid groups (broad SMARTS) is 1. The third kappa shape index (κ3) is 25.1. The first kappa shape index (κ1) is 14.0. The standard InChI is InChI=1S/C7H10O2.C2H4O2/c1-3-5-7(8)9-6-4-2;1-2(3)4/h3-4H,1-2,5-6H2;1H3,(H,3,4). The molecule has 0 saturated carbocycles. The Morgan fingerprint density at radius 2 is 1.85 bits per heavy atom. The molecule has 0 bridgehead atoms. The second-order valence-electron chi connectivity index (χ2n) is 1.98. The lowest BCUT2D eigenvalue weighted by Crippen LogP contribution is -2.01. The van der Waals surface area contributed by atoms with Gasteiger partial charge in [-0.2, -0.15) is 0 Å². The first-order valence-corrected chi connectivity index (χ1v) is 3.61. The van der Waals surface area contributed by atoms with Crippen LogP contribution in [-0.2, 0) is 14.3 Å². The van der Waals surface area contributed by atoms with Crippen molar-refractivity contribution in [2.45, 2.75) is 13.3 Å². The number of esters is 1. The third-order valence-electron chi connectivity index (χ3n) is 0.673. The predicted molar refractivity (Wildman–Crippen MR) is 49.3 cm³/mol. The fourth-order valence-electron chi connectivity index (χ4n) is 0.329. The SMILES string of the molecule is C=CCOC(=O)CC=C.CC(=O)O. The van der Waals surface area contributed by atoms with Crippen molar-refractivity contribution < 1.29 is 19.4 Å². The summed E-state index contributed by atoms with van der Waals surface area (Å²) in [6, 6.07) is 0. The largest absolute Gasteiger partial charge is 0.481 e. The number of carbonyl (C=O) groups is 2. The zero-order valence-electron chi connectivity index (χ0n) is 7.66. The summed E-state index contributed by atoms with van der Waals surface area (Å²) in [4.78, 5) is 19.5. The average molecular weight is 186 g/mol. The molecule has 0 unspecified atom stereocenters. The molecule has 0 aliphatic carbocycles. The lowest BCUT2D eigenvalue weighted by atomic mass is 10.4. The Labute approximate surface area is 77.5 Å². The summed E-state index contributed by atoms with van der Waals surface area (Å²) in [6.45, 7) is 8.14. The molecule has 0 aliphatic rings. The minimum atomic E-state index is -0.833. The zero-order chi connectivity index (χ0) is 10.7. The molecule has 0 aromatic carbocycles. The highest BCUT2D eigenvalue weighted by Crippen LogP contribution is 1.85. The van der Waals surface area contributed by atoms with Gasteiger partial charge in [0.2, 0.25) is 0 Å². The molecule has 0 heterocycles. The summed E-state index contributed by atoms with van der Waals surface area (Å²) in [5, 5.41) is 7.42. The second-order valence-corrected chi connectivity index (χ2v) is 1.98. The van der Waals surface area contributed by atoms with E-state index in [0.29, 0.717) is 0 Å². The molecule has 74 valence electrons. The van der Waals surface area contributed by atoms with E-state index in [1.165, 1.54) is 12.2 Å². The molecule has 4 heteroatoms. The fraction of sp³-hybridized carbons (Fsp3) is 0.333. The second kappa shape index (κ2) is 10.4. The molecule has 0 fully saturated rings. The van der Waals surface area contributed by atoms with Gasteiger partial charge in [0.1, 0.15) is 6.61 Å². The molecule has 0 amide bonds. The van der Waals surface area contributed by atoms with Gasteiger partial charge in [-0.1, -0.05) is 18.7 Å². The molecular formula is C9H14O4. The van der Waals surface area contributed by atoms with Crippen molar-refractivity contribution >= 4 is 11.9 Å². The van der Waals surface area contributed by atoms with Gasteiger partial charge in [-0.15, -0.1) is 6.58 Å². The van der Waals surface area contributed by atoms with Crippen LogP contribution in [0.25, 0.3) is 0 Å². The van der Waals surface area contributed by atoms with Gasteiger partial charge in [-0.3, -0.25) is 9.59 Å². The maximum absolute atomic E-state index is 10.5. The maximum atomic E-state index is 10.5. The van der Waals surface area contributed by atoms with Crippen LogP contribution in [0.1, 0.15) is 13.3 Å². The molecular weight excluding hydrogens is 172 g/mol. The topological polar surface area (TPSA) is 63.6 Å². The molecule has 1 N–H and O–H groups in total. The van der Waals surface area contributed by atoms with E-state index in [4.69, 9.17) is 9.90 Å². The summed E-state index contributed by atoms with van der Waals surface area (Å²) >= 11 is 0. The summed E-state index contributed by atoms with van der Waals surface area (Å²) in [5.41, 5.74) is 0. The van der Waals surface area contributed by atoms with Crippen molar-refractivity contribution in [3.63, 3.8) is 0 Å². The average Bonchev–Trinajstić information content (AvgIpc) is 2.00. The minimum absolute atomic E-state index is 0.259. The summed E-state index contributed by atoms with van der Waals surface area (Å²) in [7, 11) is 0. The van der Waals surface area contributed by atoms with Crippen molar-refractivity contribution in [1.29, 1.82) is 0 Å². The van der Waals surface area contributed by atoms with Crippen LogP contribution in [0, 0.1) is 0 Å². The van der Waals surface area contributed by atoms with Gasteiger partial charge in [0.15, 0.2) is 0 Å². The quantitative estimate of drug-likeness (QED) is 0.532. The van der Waals surface area contributed by atoms with Crippen LogP contribution >= 0.6 is 0 Å². The summed E-state index contributed by atoms with van der Waals surface area (Å²) < 4.78 is 4.60. The van der Waals surface area contributed by atoms with Gasteiger partial charge in [0.05, 0.1) is 6.42 Å². The van der Waals surface area contributed by atoms with Crippen molar-refractivity contribution in [2.75, 3.05) is 6.61 Å². The van der Waals surface area contributed by atoms with E-state index < -0.39 is 5.97 Å². The van der Waals surface area contributed by atoms with E-state index >= 15 is 0 Å². The van der Waals surface area contributed by atoms with Crippen molar-refractivity contribution in [3.05, 3.63) is 25.3 Å². The monoisotopic (exact) mass is 186 g/mol. The minimum Gasteiger partial charge on any atom is -0.481 e. The van der Waals surface area contributed by atoms with Gasteiger partial charge in [0, 0.05) is 6.92 Å². The predicted octanol–water partition coefficient (Wildman–Crippen LogP) is 1.38. The Morgan fingerprint density at radius 3 is 2.15 bits per heavy atom. The number of hydrogen-bond acceptors (Lipinski definition) is 3. The summed E-state index contributed by atoms with van der Waals surface area (Å²) in [5.74, 6) is -1.09. The van der Waals surface area contributed by atoms with Gasteiger partial charge in [-0.25, -0.2) is 0 Å². The highest BCUT2D eigenvalue weighted by atomic mass is 16.5. The molecule has 0 aromatic heterocycles. The smallest absolute Gasteiger partial charge is 0.309 e. The van der Waals surface area contributed by atoms with Crippen LogP contribution in [-0.4, -0.2) is 23.7 Å². The van der Waals surface area contributed by atoms with E-state index in [0.717, 1.165) is 6.92 Å². The maximum Gasteiger partial charge on any atom is 0.309 e. The molecule has 0 radical (unpaired) electrons. The molecule has 0 rings (SSSR count). The Hall–Kier alpha value is -1.58. The molecule has 0 aliphatic heterocycles. The van der Waals surface area contributed by atoms with Crippen LogP contribution in [0.5, 0.6) is 0 Å². The van der Waals surface area contributed by atoms with Crippen molar-refractivity contribution in [3.8, 4) is 0 Å². The van der Waals surface area contributed by atoms with E-state index in [2.05, 4.69) is 17.9 Å². The van der Waals surface area contributed by atoms with E-state index in [1.54, 1.807) is 0 Å². The van der Waals surface area contributed by atoms with Crippen LogP contribution < -0.4 is 0 Å². The molecule has 4 nitrogen and oxygen atoms in total. The highest BCUT2D eigenvalue weighted by Gasteiger charge is 1.94. The van der Waals surface area contributed by atoms with Crippen molar-refractivity contribution in [1.82, 2.24) is 0 Å². The van der Waals surface area contributed by atoms with E-state index in [-0.39, 0.29) is 19.0 Å². The Morgan fingerprint density at radius 1 is 1.38 bits per heavy atom. The van der Waals surface area contributed by atoms with Gasteiger partial charge in [0.25, 0.3) is 5.97 Å². The van der Waals surface area contributed by atoms with Gasteiger partial charge >= 0.3 is 5.97 Å². The first-order chi connectivity index (χ1) is 6.04. The fourth-order valence-corrected chi connectivity index (χ4v) is 0.329. The molecule has 13 heavy (non-hydrogen) atoms. The number of ether oxygens (including phenoxy) is 1. The first-order valence-electron chi connectivity index (χ1n) is 3.61. The molecule has 0 atom stereocenters. The van der Waals surface area contributed by atoms with Crippen LogP contribution in [0.15, 0.2) is 25.3 Å². The molecule has 0 saturated heterocycles. The summed E-state index contributed by atoms with van der Waals surface area (Å²) in [6.07, 6.45) is 3.31. The highest BCUT2D eigenvalue weighted by molar-refractivity contribution is 5.71. The Bertz CT molecular complexity index is 180. The van der Waals surface area contributed by atoms with E-state index in [9.17, 15) is 4.79 Å². The van der Waals surface area contributed by atoms with Crippen LogP contribution in [0.3, 0.4) is 0 Å². The molecule has 0 spiro atoms. The van der Waals surface area contributed by atoms with Crippen molar-refractivity contribution in [2.24, 2.45) is 0 Å². The normalized spacial score (nSPS) is 7.46.